The molecule has 0 N–H and O–H groups in total. The Morgan fingerprint density at radius 1 is 0.955 bits per heavy atom. The minimum absolute atomic E-state index is 0.0978. The number of sulfone groups is 1. The van der Waals surface area contributed by atoms with Crippen molar-refractivity contribution in [2.45, 2.75) is 16.7 Å². The van der Waals surface area contributed by atoms with Crippen molar-refractivity contribution in [2.24, 2.45) is 0 Å². The number of halogens is 1. The first kappa shape index (κ1) is 17.0. The van der Waals surface area contributed by atoms with Crippen LogP contribution in [0.2, 0.25) is 5.02 Å². The molecule has 0 amide bonds. The van der Waals surface area contributed by atoms with E-state index in [9.17, 15) is 16.8 Å². The van der Waals surface area contributed by atoms with E-state index in [1.165, 1.54) is 36.4 Å². The summed E-state index contributed by atoms with van der Waals surface area (Å²) in [4.78, 5) is -0.196. The van der Waals surface area contributed by atoms with Gasteiger partial charge in [-0.1, -0.05) is 35.4 Å². The highest BCUT2D eigenvalue weighted by Crippen LogP contribution is 2.19. The molecule has 2 rings (SSSR count). The molecule has 0 saturated heterocycles. The molecule has 0 radical (unpaired) electrons. The highest BCUT2D eigenvalue weighted by Gasteiger charge is 2.22. The van der Waals surface area contributed by atoms with Gasteiger partial charge in [0.1, 0.15) is 0 Å². The molecule has 0 unspecified atom stereocenters. The number of aryl methyl sites for hydroxylation is 1. The number of benzene rings is 2. The van der Waals surface area contributed by atoms with Crippen molar-refractivity contribution >= 4 is 31.6 Å². The van der Waals surface area contributed by atoms with Gasteiger partial charge in [0, 0.05) is 5.02 Å². The lowest BCUT2D eigenvalue weighted by Crippen LogP contribution is -2.15. The third kappa shape index (κ3) is 4.07. The van der Waals surface area contributed by atoms with E-state index in [-0.39, 0.29) is 14.8 Å². The molecule has 5 nitrogen and oxygen atoms in total. The maximum absolute atomic E-state index is 12.1. The van der Waals surface area contributed by atoms with Crippen molar-refractivity contribution in [1.82, 2.24) is 0 Å². The Morgan fingerprint density at radius 2 is 1.59 bits per heavy atom. The second-order valence-corrected chi connectivity index (χ2v) is 8.56. The normalized spacial score (nSPS) is 12.3. The van der Waals surface area contributed by atoms with Crippen LogP contribution in [0.3, 0.4) is 0 Å². The minimum Gasteiger partial charge on any atom is -0.250 e. The molecule has 0 aliphatic carbocycles. The molecule has 0 aliphatic heterocycles. The highest BCUT2D eigenvalue weighted by atomic mass is 35.5. The Balaban J connectivity index is 2.19. The van der Waals surface area contributed by atoms with E-state index in [0.717, 1.165) is 5.56 Å². The monoisotopic (exact) mass is 360 g/mol. The lowest BCUT2D eigenvalue weighted by atomic mass is 10.2. The molecule has 2 aromatic carbocycles. The zero-order valence-electron chi connectivity index (χ0n) is 11.6. The van der Waals surface area contributed by atoms with Crippen LogP contribution in [0.15, 0.2) is 58.3 Å². The predicted octanol–water partition coefficient (Wildman–Crippen LogP) is 2.79. The highest BCUT2D eigenvalue weighted by molar-refractivity contribution is 7.92. The average Bonchev–Trinajstić information content (AvgIpc) is 2.46. The topological polar surface area (TPSA) is 77.5 Å². The van der Waals surface area contributed by atoms with Crippen LogP contribution in [0.5, 0.6) is 0 Å². The van der Waals surface area contributed by atoms with Gasteiger partial charge in [0.05, 0.1) is 9.79 Å². The molecular weight excluding hydrogens is 348 g/mol. The Kier molecular flexibility index (Phi) is 4.91. The van der Waals surface area contributed by atoms with Gasteiger partial charge in [-0.25, -0.2) is 12.6 Å². The van der Waals surface area contributed by atoms with Crippen molar-refractivity contribution in [2.75, 3.05) is 5.94 Å². The van der Waals surface area contributed by atoms with Gasteiger partial charge in [-0.05, 0) is 37.3 Å². The molecule has 0 fully saturated rings. The summed E-state index contributed by atoms with van der Waals surface area (Å²) in [5.41, 5.74) is 0.880. The Hall–Kier alpha value is -1.41. The summed E-state index contributed by atoms with van der Waals surface area (Å²) in [6.45, 7) is 1.81. The van der Waals surface area contributed by atoms with E-state index < -0.39 is 25.9 Å². The molecule has 0 aromatic heterocycles. The first-order valence-corrected chi connectivity index (χ1v) is 9.59. The van der Waals surface area contributed by atoms with Crippen molar-refractivity contribution < 1.29 is 21.0 Å². The molecule has 0 heterocycles. The van der Waals surface area contributed by atoms with E-state index in [2.05, 4.69) is 4.18 Å². The number of hydrogen-bond acceptors (Lipinski definition) is 5. The lowest BCUT2D eigenvalue weighted by Gasteiger charge is -2.07. The van der Waals surface area contributed by atoms with Gasteiger partial charge in [0.2, 0.25) is 9.84 Å². The van der Waals surface area contributed by atoms with E-state index in [4.69, 9.17) is 11.6 Å². The van der Waals surface area contributed by atoms with Crippen molar-refractivity contribution in [3.05, 3.63) is 59.1 Å². The summed E-state index contributed by atoms with van der Waals surface area (Å²) in [7, 11) is -8.06. The van der Waals surface area contributed by atoms with Gasteiger partial charge < -0.3 is 0 Å². The van der Waals surface area contributed by atoms with E-state index >= 15 is 0 Å². The summed E-state index contributed by atoms with van der Waals surface area (Å²) in [6, 6.07) is 11.5. The van der Waals surface area contributed by atoms with Gasteiger partial charge in [-0.2, -0.15) is 8.42 Å². The standard InChI is InChI=1S/C14H13ClO5S2/c1-11-5-7-13(8-6-11)22(18,19)20-10-21(16,17)14-4-2-3-12(15)9-14/h2-9H,10H2,1H3. The van der Waals surface area contributed by atoms with Crippen molar-refractivity contribution in [3.63, 3.8) is 0 Å². The van der Waals surface area contributed by atoms with E-state index in [1.807, 2.05) is 0 Å². The molecule has 22 heavy (non-hydrogen) atoms. The van der Waals surface area contributed by atoms with Crippen LogP contribution in [0.1, 0.15) is 5.56 Å². The van der Waals surface area contributed by atoms with Crippen molar-refractivity contribution in [1.29, 1.82) is 0 Å². The third-order valence-electron chi connectivity index (χ3n) is 2.82. The number of hydrogen-bond donors (Lipinski definition) is 0. The first-order chi connectivity index (χ1) is 10.2. The summed E-state index contributed by atoms with van der Waals surface area (Å²) >= 11 is 5.73. The van der Waals surface area contributed by atoms with Gasteiger partial charge in [0.15, 0.2) is 5.94 Å². The zero-order chi connectivity index (χ0) is 16.4. The fourth-order valence-corrected chi connectivity index (χ4v) is 4.23. The molecule has 0 saturated carbocycles. The summed E-state index contributed by atoms with van der Waals surface area (Å²) in [5.74, 6) is -0.983. The van der Waals surface area contributed by atoms with Crippen LogP contribution in [0.25, 0.3) is 0 Å². The maximum Gasteiger partial charge on any atom is 0.297 e. The van der Waals surface area contributed by atoms with Crippen LogP contribution in [-0.2, 0) is 24.1 Å². The maximum atomic E-state index is 12.1. The quantitative estimate of drug-likeness (QED) is 0.766. The molecule has 2 aromatic rings. The lowest BCUT2D eigenvalue weighted by molar-refractivity contribution is 0.368. The SMILES string of the molecule is Cc1ccc(S(=O)(=O)OCS(=O)(=O)c2cccc(Cl)c2)cc1. The van der Waals surface area contributed by atoms with Crippen LogP contribution in [0, 0.1) is 6.92 Å². The molecular formula is C14H13ClO5S2. The Labute approximate surface area is 134 Å². The van der Waals surface area contributed by atoms with Crippen LogP contribution in [0.4, 0.5) is 0 Å². The van der Waals surface area contributed by atoms with Gasteiger partial charge in [-0.3, -0.25) is 0 Å². The fraction of sp³-hybridized carbons (Fsp3) is 0.143. The van der Waals surface area contributed by atoms with Crippen molar-refractivity contribution in [3.8, 4) is 0 Å². The molecule has 8 heteroatoms. The Bertz CT molecular complexity index is 872. The fourth-order valence-electron chi connectivity index (χ4n) is 1.63. The smallest absolute Gasteiger partial charge is 0.250 e. The van der Waals surface area contributed by atoms with Crippen LogP contribution in [-0.4, -0.2) is 22.8 Å². The molecule has 0 aliphatic rings. The minimum atomic E-state index is -4.14. The van der Waals surface area contributed by atoms with Crippen LogP contribution >= 0.6 is 11.6 Å². The second kappa shape index (κ2) is 6.37. The van der Waals surface area contributed by atoms with Crippen LogP contribution < -0.4 is 0 Å². The predicted molar refractivity (Wildman–Crippen MR) is 83.0 cm³/mol. The molecule has 0 spiro atoms. The van der Waals surface area contributed by atoms with Gasteiger partial charge in [-0.15, -0.1) is 0 Å². The average molecular weight is 361 g/mol. The summed E-state index contributed by atoms with van der Waals surface area (Å²) in [6.07, 6.45) is 0. The molecule has 0 atom stereocenters. The summed E-state index contributed by atoms with van der Waals surface area (Å²) < 4.78 is 52.7. The second-order valence-electron chi connectivity index (χ2n) is 4.58. The van der Waals surface area contributed by atoms with Gasteiger partial charge in [0.25, 0.3) is 10.1 Å². The third-order valence-corrected chi connectivity index (χ3v) is 5.89. The number of rotatable bonds is 5. The molecule has 118 valence electrons. The zero-order valence-corrected chi connectivity index (χ0v) is 14.0. The van der Waals surface area contributed by atoms with Gasteiger partial charge >= 0.3 is 0 Å². The first-order valence-electron chi connectivity index (χ1n) is 6.15. The Morgan fingerprint density at radius 3 is 2.18 bits per heavy atom. The van der Waals surface area contributed by atoms with E-state index in [1.54, 1.807) is 19.1 Å². The molecule has 0 bridgehead atoms. The summed E-state index contributed by atoms with van der Waals surface area (Å²) in [5, 5.41) is 0.238. The van der Waals surface area contributed by atoms with E-state index in [0.29, 0.717) is 0 Å². The largest absolute Gasteiger partial charge is 0.297 e.